The highest BCUT2D eigenvalue weighted by molar-refractivity contribution is 9.10. The number of nitrogens with zero attached hydrogens (tertiary/aromatic N) is 2. The van der Waals surface area contributed by atoms with E-state index in [1.54, 1.807) is 0 Å². The molecule has 0 atom stereocenters. The van der Waals surface area contributed by atoms with Crippen LogP contribution < -0.4 is 11.6 Å². The van der Waals surface area contributed by atoms with Gasteiger partial charge < -0.3 is 11.6 Å². The van der Waals surface area contributed by atoms with Crippen molar-refractivity contribution < 1.29 is 0 Å². The lowest BCUT2D eigenvalue weighted by Gasteiger charge is -1.95. The van der Waals surface area contributed by atoms with Gasteiger partial charge in [-0.3, -0.25) is 0 Å². The van der Waals surface area contributed by atoms with Crippen molar-refractivity contribution in [3.8, 4) is 0 Å². The third-order valence-corrected chi connectivity index (χ3v) is 2.17. The van der Waals surface area contributed by atoms with E-state index < -0.39 is 0 Å². The number of fused-ring (bicyclic) bond motifs is 1. The number of hydrogen-bond acceptors (Lipinski definition) is 3. The Morgan fingerprint density at radius 3 is 2.92 bits per heavy atom. The SMILES string of the molecule is Nc1nc2ccc(Br)cc2n1N. The molecule has 0 saturated carbocycles. The van der Waals surface area contributed by atoms with Crippen LogP contribution in [0.5, 0.6) is 0 Å². The Bertz CT molecular complexity index is 434. The van der Waals surface area contributed by atoms with Gasteiger partial charge in [-0.15, -0.1) is 0 Å². The normalized spacial score (nSPS) is 10.8. The Labute approximate surface area is 77.3 Å². The summed E-state index contributed by atoms with van der Waals surface area (Å²) in [6, 6.07) is 5.63. The van der Waals surface area contributed by atoms with Gasteiger partial charge in [-0.05, 0) is 18.2 Å². The fraction of sp³-hybridized carbons (Fsp3) is 0. The molecule has 5 heteroatoms. The molecule has 12 heavy (non-hydrogen) atoms. The van der Waals surface area contributed by atoms with E-state index in [0.29, 0.717) is 5.95 Å². The number of rotatable bonds is 0. The second kappa shape index (κ2) is 2.38. The molecule has 0 unspecified atom stereocenters. The maximum Gasteiger partial charge on any atom is 0.220 e. The van der Waals surface area contributed by atoms with E-state index in [4.69, 9.17) is 11.6 Å². The number of benzene rings is 1. The molecule has 0 spiro atoms. The van der Waals surface area contributed by atoms with Gasteiger partial charge in [-0.25, -0.2) is 9.66 Å². The van der Waals surface area contributed by atoms with E-state index in [1.165, 1.54) is 4.68 Å². The lowest BCUT2D eigenvalue weighted by atomic mass is 10.3. The molecule has 2 aromatic rings. The molecular formula is C7H7BrN4. The molecule has 0 bridgehead atoms. The van der Waals surface area contributed by atoms with Crippen molar-refractivity contribution in [2.75, 3.05) is 11.6 Å². The van der Waals surface area contributed by atoms with Crippen molar-refractivity contribution in [3.05, 3.63) is 22.7 Å². The van der Waals surface area contributed by atoms with Gasteiger partial charge in [-0.1, -0.05) is 15.9 Å². The molecule has 1 aromatic carbocycles. The number of hydrogen-bond donors (Lipinski definition) is 2. The summed E-state index contributed by atoms with van der Waals surface area (Å²) in [5, 5.41) is 0. The standard InChI is InChI=1S/C7H7BrN4/c8-4-1-2-5-6(3-4)12(10)7(9)11-5/h1-3H,10H2,(H2,9,11). The Hall–Kier alpha value is -1.23. The van der Waals surface area contributed by atoms with Crippen LogP contribution >= 0.6 is 15.9 Å². The molecule has 4 nitrogen and oxygen atoms in total. The van der Waals surface area contributed by atoms with E-state index in [-0.39, 0.29) is 0 Å². The molecule has 0 saturated heterocycles. The van der Waals surface area contributed by atoms with Crippen molar-refractivity contribution in [3.63, 3.8) is 0 Å². The molecule has 0 aliphatic rings. The molecule has 1 heterocycles. The average molecular weight is 227 g/mol. The van der Waals surface area contributed by atoms with Gasteiger partial charge >= 0.3 is 0 Å². The number of halogens is 1. The van der Waals surface area contributed by atoms with Crippen LogP contribution in [0.4, 0.5) is 5.95 Å². The zero-order valence-electron chi connectivity index (χ0n) is 6.16. The van der Waals surface area contributed by atoms with Crippen LogP contribution in [-0.2, 0) is 0 Å². The maximum absolute atomic E-state index is 5.62. The van der Waals surface area contributed by atoms with E-state index >= 15 is 0 Å². The maximum atomic E-state index is 5.62. The van der Waals surface area contributed by atoms with Gasteiger partial charge in [0.25, 0.3) is 0 Å². The third kappa shape index (κ3) is 0.937. The van der Waals surface area contributed by atoms with E-state index in [0.717, 1.165) is 15.5 Å². The highest BCUT2D eigenvalue weighted by Crippen LogP contribution is 2.19. The quantitative estimate of drug-likeness (QED) is 0.662. The molecule has 62 valence electrons. The monoisotopic (exact) mass is 226 g/mol. The molecule has 0 aliphatic heterocycles. The van der Waals surface area contributed by atoms with Crippen LogP contribution in [0.1, 0.15) is 0 Å². The predicted octanol–water partition coefficient (Wildman–Crippen LogP) is 1.09. The van der Waals surface area contributed by atoms with E-state index in [2.05, 4.69) is 20.9 Å². The molecule has 2 rings (SSSR count). The zero-order valence-corrected chi connectivity index (χ0v) is 7.75. The molecular weight excluding hydrogens is 220 g/mol. The summed E-state index contributed by atoms with van der Waals surface area (Å²) in [6.45, 7) is 0. The van der Waals surface area contributed by atoms with E-state index in [1.807, 2.05) is 18.2 Å². The van der Waals surface area contributed by atoms with Gasteiger partial charge in [0.15, 0.2) is 0 Å². The lowest BCUT2D eigenvalue weighted by Crippen LogP contribution is -2.11. The van der Waals surface area contributed by atoms with Gasteiger partial charge in [0.1, 0.15) is 0 Å². The number of anilines is 1. The Morgan fingerprint density at radius 1 is 1.42 bits per heavy atom. The summed E-state index contributed by atoms with van der Waals surface area (Å²) < 4.78 is 2.32. The topological polar surface area (TPSA) is 69.9 Å². The highest BCUT2D eigenvalue weighted by Gasteiger charge is 2.04. The van der Waals surface area contributed by atoms with Crippen LogP contribution in [-0.4, -0.2) is 9.66 Å². The third-order valence-electron chi connectivity index (χ3n) is 1.68. The van der Waals surface area contributed by atoms with Crippen LogP contribution in [0.2, 0.25) is 0 Å². The summed E-state index contributed by atoms with van der Waals surface area (Å²) in [4.78, 5) is 4.05. The second-order valence-electron chi connectivity index (χ2n) is 2.47. The van der Waals surface area contributed by atoms with E-state index in [9.17, 15) is 0 Å². The average Bonchev–Trinajstić information content (AvgIpc) is 2.31. The van der Waals surface area contributed by atoms with Crippen molar-refractivity contribution >= 4 is 32.9 Å². The second-order valence-corrected chi connectivity index (χ2v) is 3.39. The van der Waals surface area contributed by atoms with Gasteiger partial charge in [0, 0.05) is 4.47 Å². The summed E-state index contributed by atoms with van der Waals surface area (Å²) in [5.41, 5.74) is 7.14. The van der Waals surface area contributed by atoms with Crippen LogP contribution in [0.15, 0.2) is 22.7 Å². The molecule has 0 amide bonds. The minimum Gasteiger partial charge on any atom is -0.368 e. The first-order valence-corrected chi connectivity index (χ1v) is 4.16. The van der Waals surface area contributed by atoms with Crippen molar-refractivity contribution in [2.45, 2.75) is 0 Å². The smallest absolute Gasteiger partial charge is 0.220 e. The molecule has 0 aliphatic carbocycles. The minimum atomic E-state index is 0.322. The number of nitrogen functional groups attached to an aromatic ring is 2. The first kappa shape index (κ1) is 7.42. The van der Waals surface area contributed by atoms with Gasteiger partial charge in [-0.2, -0.15) is 0 Å². The molecule has 4 N–H and O–H groups in total. The number of nitrogens with two attached hydrogens (primary N) is 2. The fourth-order valence-corrected chi connectivity index (χ4v) is 1.43. The lowest BCUT2D eigenvalue weighted by molar-refractivity contribution is 1.05. The predicted molar refractivity (Wildman–Crippen MR) is 52.0 cm³/mol. The number of aromatic nitrogens is 2. The molecule has 0 fully saturated rings. The Morgan fingerprint density at radius 2 is 2.17 bits per heavy atom. The molecule has 1 aromatic heterocycles. The van der Waals surface area contributed by atoms with Crippen LogP contribution in [0, 0.1) is 0 Å². The summed E-state index contributed by atoms with van der Waals surface area (Å²) in [6.07, 6.45) is 0. The first-order chi connectivity index (χ1) is 5.68. The van der Waals surface area contributed by atoms with Crippen LogP contribution in [0.25, 0.3) is 11.0 Å². The summed E-state index contributed by atoms with van der Waals surface area (Å²) in [5.74, 6) is 5.94. The van der Waals surface area contributed by atoms with Crippen molar-refractivity contribution in [2.24, 2.45) is 0 Å². The molecule has 0 radical (unpaired) electrons. The van der Waals surface area contributed by atoms with Crippen molar-refractivity contribution in [1.82, 2.24) is 9.66 Å². The van der Waals surface area contributed by atoms with Crippen LogP contribution in [0.3, 0.4) is 0 Å². The van der Waals surface area contributed by atoms with Gasteiger partial charge in [0.05, 0.1) is 11.0 Å². The Kier molecular flexibility index (Phi) is 1.47. The van der Waals surface area contributed by atoms with Gasteiger partial charge in [0.2, 0.25) is 5.95 Å². The summed E-state index contributed by atoms with van der Waals surface area (Å²) >= 11 is 3.34. The fourth-order valence-electron chi connectivity index (χ4n) is 1.08. The first-order valence-electron chi connectivity index (χ1n) is 3.37. The largest absolute Gasteiger partial charge is 0.368 e. The zero-order chi connectivity index (χ0) is 8.72. The highest BCUT2D eigenvalue weighted by atomic mass is 79.9. The Balaban J connectivity index is 2.88. The minimum absolute atomic E-state index is 0.322. The summed E-state index contributed by atoms with van der Waals surface area (Å²) in [7, 11) is 0. The van der Waals surface area contributed by atoms with Crippen molar-refractivity contribution in [1.29, 1.82) is 0 Å². The number of imidazole rings is 1.